The van der Waals surface area contributed by atoms with Crippen LogP contribution in [-0.2, 0) is 6.54 Å². The summed E-state index contributed by atoms with van der Waals surface area (Å²) in [5.41, 5.74) is 1.57. The van der Waals surface area contributed by atoms with E-state index in [1.54, 1.807) is 28.9 Å². The van der Waals surface area contributed by atoms with E-state index in [1.165, 1.54) is 13.3 Å². The molecule has 1 N–H and O–H groups in total. The van der Waals surface area contributed by atoms with Gasteiger partial charge in [0.15, 0.2) is 17.5 Å². The van der Waals surface area contributed by atoms with Crippen LogP contribution >= 0.6 is 0 Å². The number of hydrogen-bond donors (Lipinski definition) is 1. The van der Waals surface area contributed by atoms with Gasteiger partial charge in [-0.2, -0.15) is 5.10 Å². The normalized spacial score (nSPS) is 10.8. The Hall–Kier alpha value is -4.07. The highest BCUT2D eigenvalue weighted by Gasteiger charge is 2.21. The van der Waals surface area contributed by atoms with Gasteiger partial charge in [-0.25, -0.2) is 13.2 Å². The van der Waals surface area contributed by atoms with E-state index in [1.807, 2.05) is 30.3 Å². The largest absolute Gasteiger partial charge is 0.497 e. The standard InChI is InChI=1S/C24H18F3N3O2/c1-32-17-9-5-8-16(12-17)23-18(14-30(29-23)13-15-6-3-2-4-7-15)24(31)28-20-11-10-19(25)21(26)22(20)27/h2-12,14H,13H2,1H3,(H,28,31). The quantitative estimate of drug-likeness (QED) is 0.418. The maximum absolute atomic E-state index is 14.1. The van der Waals surface area contributed by atoms with Gasteiger partial charge in [0.2, 0.25) is 0 Å². The van der Waals surface area contributed by atoms with Crippen molar-refractivity contribution in [2.45, 2.75) is 6.54 Å². The van der Waals surface area contributed by atoms with Gasteiger partial charge in [-0.1, -0.05) is 42.5 Å². The fourth-order valence-electron chi connectivity index (χ4n) is 3.23. The lowest BCUT2D eigenvalue weighted by atomic mass is 10.1. The van der Waals surface area contributed by atoms with Crippen LogP contribution in [-0.4, -0.2) is 22.8 Å². The summed E-state index contributed by atoms with van der Waals surface area (Å²) in [7, 11) is 1.52. The molecule has 0 aliphatic carbocycles. The zero-order valence-electron chi connectivity index (χ0n) is 17.0. The van der Waals surface area contributed by atoms with Gasteiger partial charge in [0, 0.05) is 11.8 Å². The summed E-state index contributed by atoms with van der Waals surface area (Å²) in [6.45, 7) is 0.393. The van der Waals surface area contributed by atoms with Gasteiger partial charge in [0.25, 0.3) is 5.91 Å². The minimum absolute atomic E-state index is 0.137. The molecule has 1 heterocycles. The van der Waals surface area contributed by atoms with E-state index in [0.29, 0.717) is 23.6 Å². The van der Waals surface area contributed by atoms with Crippen LogP contribution in [0.3, 0.4) is 0 Å². The van der Waals surface area contributed by atoms with E-state index in [2.05, 4.69) is 10.4 Å². The first-order valence-corrected chi connectivity index (χ1v) is 9.67. The lowest BCUT2D eigenvalue weighted by Crippen LogP contribution is -2.14. The predicted molar refractivity (Wildman–Crippen MR) is 114 cm³/mol. The number of anilines is 1. The Kier molecular flexibility index (Phi) is 5.93. The minimum Gasteiger partial charge on any atom is -0.497 e. The zero-order valence-corrected chi connectivity index (χ0v) is 17.0. The highest BCUT2D eigenvalue weighted by atomic mass is 19.2. The fraction of sp³-hybridized carbons (Fsp3) is 0.0833. The molecule has 0 aliphatic rings. The van der Waals surface area contributed by atoms with Crippen molar-refractivity contribution < 1.29 is 22.7 Å². The van der Waals surface area contributed by atoms with Crippen LogP contribution in [0.5, 0.6) is 5.75 Å². The molecular weight excluding hydrogens is 419 g/mol. The highest BCUT2D eigenvalue weighted by Crippen LogP contribution is 2.28. The molecule has 1 amide bonds. The number of nitrogens with one attached hydrogen (secondary N) is 1. The van der Waals surface area contributed by atoms with Crippen molar-refractivity contribution in [3.63, 3.8) is 0 Å². The first-order chi connectivity index (χ1) is 15.5. The summed E-state index contributed by atoms with van der Waals surface area (Å²) in [6.07, 6.45) is 1.52. The molecule has 5 nitrogen and oxygen atoms in total. The highest BCUT2D eigenvalue weighted by molar-refractivity contribution is 6.08. The van der Waals surface area contributed by atoms with Crippen molar-refractivity contribution in [3.05, 3.63) is 102 Å². The average Bonchev–Trinajstić information content (AvgIpc) is 3.24. The Morgan fingerprint density at radius 2 is 1.78 bits per heavy atom. The van der Waals surface area contributed by atoms with Gasteiger partial charge < -0.3 is 10.1 Å². The van der Waals surface area contributed by atoms with E-state index in [-0.39, 0.29) is 5.56 Å². The maximum atomic E-state index is 14.1. The van der Waals surface area contributed by atoms with Crippen LogP contribution in [0.25, 0.3) is 11.3 Å². The van der Waals surface area contributed by atoms with Gasteiger partial charge >= 0.3 is 0 Å². The van der Waals surface area contributed by atoms with Crippen LogP contribution < -0.4 is 10.1 Å². The van der Waals surface area contributed by atoms with Gasteiger partial charge in [0.05, 0.1) is 24.9 Å². The summed E-state index contributed by atoms with van der Waals surface area (Å²) in [4.78, 5) is 13.0. The van der Waals surface area contributed by atoms with E-state index in [9.17, 15) is 18.0 Å². The topological polar surface area (TPSA) is 56.2 Å². The van der Waals surface area contributed by atoms with E-state index in [4.69, 9.17) is 4.74 Å². The molecular formula is C24H18F3N3O2. The SMILES string of the molecule is COc1cccc(-c2nn(Cc3ccccc3)cc2C(=O)Nc2ccc(F)c(F)c2F)c1. The Labute approximate surface area is 182 Å². The van der Waals surface area contributed by atoms with Crippen LogP contribution in [0.1, 0.15) is 15.9 Å². The molecule has 0 aliphatic heterocycles. The Balaban J connectivity index is 1.73. The molecule has 0 spiro atoms. The third kappa shape index (κ3) is 4.34. The third-order valence-electron chi connectivity index (χ3n) is 4.82. The smallest absolute Gasteiger partial charge is 0.259 e. The van der Waals surface area contributed by atoms with Crippen LogP contribution in [0, 0.1) is 17.5 Å². The molecule has 0 saturated heterocycles. The second-order valence-corrected chi connectivity index (χ2v) is 6.98. The number of nitrogens with zero attached hydrogens (tertiary/aromatic N) is 2. The number of ether oxygens (including phenoxy) is 1. The van der Waals surface area contributed by atoms with Gasteiger partial charge in [-0.05, 0) is 29.8 Å². The summed E-state index contributed by atoms with van der Waals surface area (Å²) < 4.78 is 47.7. The molecule has 32 heavy (non-hydrogen) atoms. The number of hydrogen-bond acceptors (Lipinski definition) is 3. The first-order valence-electron chi connectivity index (χ1n) is 9.67. The molecule has 8 heteroatoms. The first kappa shape index (κ1) is 21.2. The second-order valence-electron chi connectivity index (χ2n) is 6.98. The number of benzene rings is 3. The summed E-state index contributed by atoms with van der Waals surface area (Å²) in [6, 6.07) is 18.2. The lowest BCUT2D eigenvalue weighted by molar-refractivity contribution is 0.102. The number of halogens is 3. The zero-order chi connectivity index (χ0) is 22.7. The lowest BCUT2D eigenvalue weighted by Gasteiger charge is -2.08. The fourth-order valence-corrected chi connectivity index (χ4v) is 3.23. The monoisotopic (exact) mass is 437 g/mol. The number of carbonyl (C=O) groups is 1. The molecule has 0 saturated carbocycles. The van der Waals surface area contributed by atoms with Gasteiger partial charge in [-0.3, -0.25) is 9.48 Å². The van der Waals surface area contributed by atoms with E-state index in [0.717, 1.165) is 17.7 Å². The third-order valence-corrected chi connectivity index (χ3v) is 4.82. The Morgan fingerprint density at radius 1 is 1.00 bits per heavy atom. The van der Waals surface area contributed by atoms with Crippen molar-refractivity contribution in [3.8, 4) is 17.0 Å². The molecule has 0 bridgehead atoms. The molecule has 0 atom stereocenters. The van der Waals surface area contributed by atoms with Crippen molar-refractivity contribution in [1.82, 2.24) is 9.78 Å². The van der Waals surface area contributed by atoms with Crippen LogP contribution in [0.4, 0.5) is 18.9 Å². The molecule has 4 aromatic rings. The van der Waals surface area contributed by atoms with Crippen molar-refractivity contribution >= 4 is 11.6 Å². The summed E-state index contributed by atoms with van der Waals surface area (Å²) in [5.74, 6) is -4.62. The van der Waals surface area contributed by atoms with Crippen molar-refractivity contribution in [2.75, 3.05) is 12.4 Å². The summed E-state index contributed by atoms with van der Waals surface area (Å²) in [5, 5.41) is 6.85. The van der Waals surface area contributed by atoms with E-state index >= 15 is 0 Å². The molecule has 0 radical (unpaired) electrons. The van der Waals surface area contributed by atoms with Crippen LogP contribution in [0.2, 0.25) is 0 Å². The average molecular weight is 437 g/mol. The molecule has 162 valence electrons. The Bertz CT molecular complexity index is 1270. The second kappa shape index (κ2) is 8.97. The van der Waals surface area contributed by atoms with Crippen LogP contribution in [0.15, 0.2) is 72.9 Å². The molecule has 0 fully saturated rings. The van der Waals surface area contributed by atoms with E-state index < -0.39 is 29.0 Å². The number of amides is 1. The molecule has 0 unspecified atom stereocenters. The molecule has 4 rings (SSSR count). The molecule has 3 aromatic carbocycles. The number of rotatable bonds is 6. The summed E-state index contributed by atoms with van der Waals surface area (Å²) >= 11 is 0. The maximum Gasteiger partial charge on any atom is 0.259 e. The predicted octanol–water partition coefficient (Wildman–Crippen LogP) is 5.28. The molecule has 1 aromatic heterocycles. The number of carbonyl (C=O) groups excluding carboxylic acids is 1. The number of methoxy groups -OCH3 is 1. The Morgan fingerprint density at radius 3 is 2.53 bits per heavy atom. The minimum atomic E-state index is -1.66. The van der Waals surface area contributed by atoms with Gasteiger partial charge in [0.1, 0.15) is 11.4 Å². The number of aromatic nitrogens is 2. The van der Waals surface area contributed by atoms with Crippen molar-refractivity contribution in [1.29, 1.82) is 0 Å². The van der Waals surface area contributed by atoms with Crippen molar-refractivity contribution in [2.24, 2.45) is 0 Å². The van der Waals surface area contributed by atoms with Gasteiger partial charge in [-0.15, -0.1) is 0 Å².